The summed E-state index contributed by atoms with van der Waals surface area (Å²) in [5, 5.41) is 20.7. The third kappa shape index (κ3) is 16.8. The summed E-state index contributed by atoms with van der Waals surface area (Å²) in [5.41, 5.74) is 0. The summed E-state index contributed by atoms with van der Waals surface area (Å²) in [6, 6.07) is -1.35. The largest absolute Gasteiger partial charge is 0.481 e. The van der Waals surface area contributed by atoms with Crippen LogP contribution in [0.3, 0.4) is 0 Å². The molecule has 9 heteroatoms. The minimum atomic E-state index is -1.35. The number of aliphatic hydroxyl groups excluding tert-OH is 1. The second kappa shape index (κ2) is 17.7. The molecular weight excluding hydrogens is 394 g/mol. The number of nitrogens with one attached hydrogen (secondary N) is 1. The molecule has 0 saturated heterocycles. The molecule has 0 fully saturated rings. The maximum absolute atomic E-state index is 11.8. The minimum absolute atomic E-state index is 0.269. The summed E-state index contributed by atoms with van der Waals surface area (Å²) in [6.07, 6.45) is 8.64. The topological polar surface area (TPSA) is 139 Å². The van der Waals surface area contributed by atoms with Crippen LogP contribution in [0.2, 0.25) is 0 Å². The molecule has 0 aromatic rings. The number of ether oxygens (including phenoxy) is 2. The number of esters is 2. The van der Waals surface area contributed by atoms with Crippen molar-refractivity contribution >= 4 is 23.8 Å². The lowest BCUT2D eigenvalue weighted by Crippen LogP contribution is -2.43. The van der Waals surface area contributed by atoms with Gasteiger partial charge in [-0.15, -0.1) is 0 Å². The number of hydrogen-bond acceptors (Lipinski definition) is 7. The quantitative estimate of drug-likeness (QED) is 0.222. The predicted molar refractivity (Wildman–Crippen MR) is 110 cm³/mol. The third-order valence-corrected chi connectivity index (χ3v) is 4.38. The van der Waals surface area contributed by atoms with E-state index in [2.05, 4.69) is 12.2 Å². The van der Waals surface area contributed by atoms with Gasteiger partial charge in [-0.25, -0.2) is 4.79 Å². The van der Waals surface area contributed by atoms with Crippen molar-refractivity contribution in [1.29, 1.82) is 0 Å². The van der Waals surface area contributed by atoms with Crippen molar-refractivity contribution < 1.29 is 38.9 Å². The lowest BCUT2D eigenvalue weighted by Gasteiger charge is -2.17. The molecule has 30 heavy (non-hydrogen) atoms. The number of rotatable bonds is 18. The van der Waals surface area contributed by atoms with Gasteiger partial charge in [0.1, 0.15) is 25.4 Å². The number of aliphatic carboxylic acids is 1. The summed E-state index contributed by atoms with van der Waals surface area (Å²) in [7, 11) is 0. The van der Waals surface area contributed by atoms with Crippen molar-refractivity contribution in [3.05, 3.63) is 0 Å². The van der Waals surface area contributed by atoms with E-state index < -0.39 is 49.0 Å². The molecule has 0 aliphatic carbocycles. The van der Waals surface area contributed by atoms with Crippen molar-refractivity contribution in [3.8, 4) is 0 Å². The molecule has 0 aliphatic heterocycles. The Morgan fingerprint density at radius 2 is 1.40 bits per heavy atom. The van der Waals surface area contributed by atoms with Gasteiger partial charge in [-0.2, -0.15) is 0 Å². The molecule has 0 rings (SSSR count). The smallest absolute Gasteiger partial charge is 0.329 e. The van der Waals surface area contributed by atoms with Gasteiger partial charge in [0.05, 0.1) is 6.42 Å². The van der Waals surface area contributed by atoms with E-state index in [0.717, 1.165) is 26.2 Å². The van der Waals surface area contributed by atoms with Gasteiger partial charge in [0.15, 0.2) is 0 Å². The van der Waals surface area contributed by atoms with Crippen LogP contribution in [-0.2, 0) is 28.7 Å². The van der Waals surface area contributed by atoms with Crippen LogP contribution in [0.4, 0.5) is 0 Å². The van der Waals surface area contributed by atoms with Gasteiger partial charge in [-0.3, -0.25) is 14.4 Å². The van der Waals surface area contributed by atoms with Gasteiger partial charge in [0, 0.05) is 13.3 Å². The number of unbranched alkanes of at least 4 members (excludes halogenated alkanes) is 8. The zero-order valence-electron chi connectivity index (χ0n) is 18.2. The number of carbonyl (C=O) groups is 4. The molecule has 0 aliphatic rings. The van der Waals surface area contributed by atoms with E-state index in [9.17, 15) is 24.3 Å². The van der Waals surface area contributed by atoms with E-state index in [1.807, 2.05) is 0 Å². The maximum Gasteiger partial charge on any atom is 0.329 e. The van der Waals surface area contributed by atoms with Gasteiger partial charge < -0.3 is 25.0 Å². The molecular formula is C21H37NO8. The van der Waals surface area contributed by atoms with Crippen LogP contribution < -0.4 is 5.32 Å². The molecule has 0 aromatic heterocycles. The molecule has 0 heterocycles. The Labute approximate surface area is 178 Å². The van der Waals surface area contributed by atoms with Crippen LogP contribution in [0, 0.1) is 0 Å². The van der Waals surface area contributed by atoms with Gasteiger partial charge in [-0.05, 0) is 6.42 Å². The third-order valence-electron chi connectivity index (χ3n) is 4.38. The number of aliphatic hydroxyl groups is 1. The molecule has 0 saturated carbocycles. The highest BCUT2D eigenvalue weighted by atomic mass is 16.6. The van der Waals surface area contributed by atoms with Crippen molar-refractivity contribution in [2.24, 2.45) is 0 Å². The Bertz CT molecular complexity index is 507. The average Bonchev–Trinajstić information content (AvgIpc) is 2.68. The first-order chi connectivity index (χ1) is 14.3. The molecule has 0 spiro atoms. The number of hydrogen-bond donors (Lipinski definition) is 3. The summed E-state index contributed by atoms with van der Waals surface area (Å²) in [4.78, 5) is 45.3. The normalized spacial score (nSPS) is 12.6. The highest BCUT2D eigenvalue weighted by Crippen LogP contribution is 2.10. The Morgan fingerprint density at radius 1 is 0.867 bits per heavy atom. The van der Waals surface area contributed by atoms with Crippen molar-refractivity contribution in [1.82, 2.24) is 5.32 Å². The van der Waals surface area contributed by atoms with Gasteiger partial charge in [0.25, 0.3) is 0 Å². The van der Waals surface area contributed by atoms with E-state index in [-0.39, 0.29) is 13.0 Å². The van der Waals surface area contributed by atoms with E-state index >= 15 is 0 Å². The summed E-state index contributed by atoms with van der Waals surface area (Å²) in [5.74, 6) is -3.26. The first-order valence-electron chi connectivity index (χ1n) is 10.8. The van der Waals surface area contributed by atoms with Crippen LogP contribution in [0.15, 0.2) is 0 Å². The molecule has 174 valence electrons. The molecule has 0 aromatic carbocycles. The SMILES string of the molecule is CCCCCCCCCCCC(=O)OCC(O)COC(=O)[C@H](CC(=O)O)NC(C)=O. The number of carbonyl (C=O) groups excluding carboxylic acids is 3. The zero-order chi connectivity index (χ0) is 22.8. The molecule has 2 atom stereocenters. The van der Waals surface area contributed by atoms with Gasteiger partial charge >= 0.3 is 17.9 Å². The van der Waals surface area contributed by atoms with E-state index in [1.54, 1.807) is 0 Å². The van der Waals surface area contributed by atoms with Crippen molar-refractivity contribution in [2.45, 2.75) is 96.6 Å². The Hall–Kier alpha value is -2.16. The molecule has 3 N–H and O–H groups in total. The van der Waals surface area contributed by atoms with E-state index in [4.69, 9.17) is 14.6 Å². The molecule has 0 radical (unpaired) electrons. The fourth-order valence-electron chi connectivity index (χ4n) is 2.78. The van der Waals surface area contributed by atoms with Gasteiger partial charge in [-0.1, -0.05) is 58.3 Å². The molecule has 1 unspecified atom stereocenters. The zero-order valence-corrected chi connectivity index (χ0v) is 18.2. The Balaban J connectivity index is 3.87. The monoisotopic (exact) mass is 431 g/mol. The molecule has 0 bridgehead atoms. The van der Waals surface area contributed by atoms with Crippen LogP contribution in [0.1, 0.15) is 84.5 Å². The Kier molecular flexibility index (Phi) is 16.4. The summed E-state index contributed by atoms with van der Waals surface area (Å²) < 4.78 is 9.76. The average molecular weight is 432 g/mol. The fraction of sp³-hybridized carbons (Fsp3) is 0.810. The lowest BCUT2D eigenvalue weighted by atomic mass is 10.1. The standard InChI is InChI=1S/C21H37NO8/c1-3-4-5-6-7-8-9-10-11-12-20(27)29-14-17(24)15-30-21(28)18(13-19(25)26)22-16(2)23/h17-18,24H,3-15H2,1-2H3,(H,22,23)(H,25,26)/t17?,18-/m0/s1. The molecule has 1 amide bonds. The first kappa shape index (κ1) is 27.8. The van der Waals surface area contributed by atoms with Crippen LogP contribution in [0.25, 0.3) is 0 Å². The number of carboxylic acids is 1. The maximum atomic E-state index is 11.8. The Morgan fingerprint density at radius 3 is 1.93 bits per heavy atom. The number of amides is 1. The second-order valence-electron chi connectivity index (χ2n) is 7.40. The highest BCUT2D eigenvalue weighted by Gasteiger charge is 2.25. The summed E-state index contributed by atoms with van der Waals surface area (Å²) in [6.45, 7) is 2.54. The fourth-order valence-corrected chi connectivity index (χ4v) is 2.78. The highest BCUT2D eigenvalue weighted by molar-refractivity contribution is 5.86. The van der Waals surface area contributed by atoms with Gasteiger partial charge in [0.2, 0.25) is 5.91 Å². The van der Waals surface area contributed by atoms with Crippen LogP contribution in [-0.4, -0.2) is 59.4 Å². The number of carboxylic acid groups (broad SMARTS) is 1. The van der Waals surface area contributed by atoms with Crippen LogP contribution >= 0.6 is 0 Å². The van der Waals surface area contributed by atoms with Crippen molar-refractivity contribution in [3.63, 3.8) is 0 Å². The summed E-state index contributed by atoms with van der Waals surface area (Å²) >= 11 is 0. The van der Waals surface area contributed by atoms with Crippen LogP contribution in [0.5, 0.6) is 0 Å². The minimum Gasteiger partial charge on any atom is -0.481 e. The van der Waals surface area contributed by atoms with E-state index in [1.165, 1.54) is 38.5 Å². The molecule has 9 nitrogen and oxygen atoms in total. The van der Waals surface area contributed by atoms with E-state index in [0.29, 0.717) is 0 Å². The second-order valence-corrected chi connectivity index (χ2v) is 7.40. The predicted octanol–water partition coefficient (Wildman–Crippen LogP) is 2.33. The van der Waals surface area contributed by atoms with Crippen molar-refractivity contribution in [2.75, 3.05) is 13.2 Å². The lowest BCUT2D eigenvalue weighted by molar-refractivity contribution is -0.157. The first-order valence-corrected chi connectivity index (χ1v) is 10.8.